The fourth-order valence-corrected chi connectivity index (χ4v) is 3.03. The maximum absolute atomic E-state index is 13.3. The highest BCUT2D eigenvalue weighted by atomic mass is 79.9. The zero-order valence-corrected chi connectivity index (χ0v) is 13.5. The van der Waals surface area contributed by atoms with Crippen LogP contribution < -0.4 is 0 Å². The molecule has 3 nitrogen and oxygen atoms in total. The van der Waals surface area contributed by atoms with Gasteiger partial charge in [0.05, 0.1) is 4.47 Å². The van der Waals surface area contributed by atoms with Gasteiger partial charge in [0.1, 0.15) is 5.82 Å². The molecule has 20 heavy (non-hydrogen) atoms. The molecule has 1 unspecified atom stereocenters. The van der Waals surface area contributed by atoms with Crippen molar-refractivity contribution in [3.05, 3.63) is 34.1 Å². The largest absolute Gasteiger partial charge is 0.334 e. The van der Waals surface area contributed by atoms with Gasteiger partial charge >= 0.3 is 0 Å². The van der Waals surface area contributed by atoms with E-state index in [0.29, 0.717) is 10.0 Å². The van der Waals surface area contributed by atoms with Crippen molar-refractivity contribution in [1.29, 1.82) is 0 Å². The van der Waals surface area contributed by atoms with E-state index in [9.17, 15) is 9.18 Å². The van der Waals surface area contributed by atoms with Gasteiger partial charge in [-0.15, -0.1) is 0 Å². The van der Waals surface area contributed by atoms with Gasteiger partial charge < -0.3 is 9.80 Å². The summed E-state index contributed by atoms with van der Waals surface area (Å²) >= 11 is 3.14. The zero-order valence-electron chi connectivity index (χ0n) is 11.9. The molecule has 1 atom stereocenters. The van der Waals surface area contributed by atoms with Crippen LogP contribution in [0.2, 0.25) is 0 Å². The first-order valence-electron chi connectivity index (χ1n) is 6.97. The number of hydrogen-bond acceptors (Lipinski definition) is 2. The third kappa shape index (κ3) is 3.38. The molecule has 110 valence electrons. The maximum Gasteiger partial charge on any atom is 0.254 e. The van der Waals surface area contributed by atoms with Crippen LogP contribution >= 0.6 is 15.9 Å². The standard InChI is InChI=1S/C15H20BrFN2O/c1-3-12-10-18(2)7-4-8-19(12)15(20)11-5-6-14(17)13(16)9-11/h5-6,9,12H,3-4,7-8,10H2,1-2H3. The average molecular weight is 343 g/mol. The van der Waals surface area contributed by atoms with Gasteiger partial charge in [-0.3, -0.25) is 4.79 Å². The number of rotatable bonds is 2. The Kier molecular flexibility index (Phi) is 5.16. The lowest BCUT2D eigenvalue weighted by molar-refractivity contribution is 0.0675. The summed E-state index contributed by atoms with van der Waals surface area (Å²) in [5, 5.41) is 0. The number of carbonyl (C=O) groups is 1. The molecule has 0 aliphatic carbocycles. The lowest BCUT2D eigenvalue weighted by Crippen LogP contribution is -2.43. The number of nitrogens with zero attached hydrogens (tertiary/aromatic N) is 2. The fraction of sp³-hybridized carbons (Fsp3) is 0.533. The summed E-state index contributed by atoms with van der Waals surface area (Å²) in [6.45, 7) is 4.76. The van der Waals surface area contributed by atoms with Gasteiger partial charge in [0.2, 0.25) is 0 Å². The highest BCUT2D eigenvalue weighted by Crippen LogP contribution is 2.20. The molecule has 0 spiro atoms. The second kappa shape index (κ2) is 6.68. The Bertz CT molecular complexity index is 495. The van der Waals surface area contributed by atoms with Gasteiger partial charge in [-0.2, -0.15) is 0 Å². The van der Waals surface area contributed by atoms with Gasteiger partial charge in [0.15, 0.2) is 0 Å². The normalized spacial score (nSPS) is 20.8. The first-order valence-corrected chi connectivity index (χ1v) is 7.76. The lowest BCUT2D eigenvalue weighted by Gasteiger charge is -2.30. The molecule has 1 aromatic rings. The summed E-state index contributed by atoms with van der Waals surface area (Å²) in [7, 11) is 2.09. The van der Waals surface area contributed by atoms with Gasteiger partial charge in [-0.05, 0) is 60.6 Å². The van der Waals surface area contributed by atoms with Crippen LogP contribution in [0.15, 0.2) is 22.7 Å². The van der Waals surface area contributed by atoms with Crippen LogP contribution in [0.4, 0.5) is 4.39 Å². The topological polar surface area (TPSA) is 23.6 Å². The molecule has 1 aliphatic rings. The Morgan fingerprint density at radius 3 is 2.85 bits per heavy atom. The number of benzene rings is 1. The monoisotopic (exact) mass is 342 g/mol. The van der Waals surface area contributed by atoms with Gasteiger partial charge in [0.25, 0.3) is 5.91 Å². The minimum Gasteiger partial charge on any atom is -0.334 e. The molecule has 1 aliphatic heterocycles. The van der Waals surface area contributed by atoms with Crippen molar-refractivity contribution in [2.24, 2.45) is 0 Å². The second-order valence-corrected chi connectivity index (χ2v) is 6.16. The molecule has 1 fully saturated rings. The number of hydrogen-bond donors (Lipinski definition) is 0. The minimum atomic E-state index is -0.343. The van der Waals surface area contributed by atoms with E-state index in [2.05, 4.69) is 34.8 Å². The predicted molar refractivity (Wildman–Crippen MR) is 81.3 cm³/mol. The highest BCUT2D eigenvalue weighted by Gasteiger charge is 2.27. The lowest BCUT2D eigenvalue weighted by atomic mass is 10.1. The maximum atomic E-state index is 13.3. The van der Waals surface area contributed by atoms with E-state index >= 15 is 0 Å². The van der Waals surface area contributed by atoms with Crippen LogP contribution in [-0.2, 0) is 0 Å². The molecular formula is C15H20BrFN2O. The highest BCUT2D eigenvalue weighted by molar-refractivity contribution is 9.10. The second-order valence-electron chi connectivity index (χ2n) is 5.31. The SMILES string of the molecule is CCC1CN(C)CCCN1C(=O)c1ccc(F)c(Br)c1. The molecule has 1 amide bonds. The molecule has 1 aromatic carbocycles. The number of likely N-dealkylation sites (N-methyl/N-ethyl adjacent to an activating group) is 1. The molecule has 0 saturated carbocycles. The van der Waals surface area contributed by atoms with E-state index in [0.717, 1.165) is 32.5 Å². The van der Waals surface area contributed by atoms with Gasteiger partial charge in [-0.25, -0.2) is 4.39 Å². The van der Waals surface area contributed by atoms with Gasteiger partial charge in [-0.1, -0.05) is 6.92 Å². The molecule has 0 radical (unpaired) electrons. The third-order valence-corrected chi connectivity index (χ3v) is 4.41. The molecule has 1 saturated heterocycles. The Hall–Kier alpha value is -0.940. The van der Waals surface area contributed by atoms with E-state index in [4.69, 9.17) is 0 Å². The predicted octanol–water partition coefficient (Wildman–Crippen LogP) is 3.14. The summed E-state index contributed by atoms with van der Waals surface area (Å²) in [6, 6.07) is 4.68. The van der Waals surface area contributed by atoms with Crippen LogP contribution in [-0.4, -0.2) is 48.4 Å². The number of halogens is 2. The van der Waals surface area contributed by atoms with Crippen LogP contribution in [0.25, 0.3) is 0 Å². The van der Waals surface area contributed by atoms with Crippen molar-refractivity contribution < 1.29 is 9.18 Å². The van der Waals surface area contributed by atoms with Gasteiger partial charge in [0, 0.05) is 24.7 Å². The Balaban J connectivity index is 2.23. The van der Waals surface area contributed by atoms with Crippen LogP contribution in [0, 0.1) is 5.82 Å². The first kappa shape index (κ1) is 15.4. The minimum absolute atomic E-state index is 0.00662. The van der Waals surface area contributed by atoms with Crippen LogP contribution in [0.1, 0.15) is 30.1 Å². The van der Waals surface area contributed by atoms with Crippen molar-refractivity contribution in [3.8, 4) is 0 Å². The summed E-state index contributed by atoms with van der Waals surface area (Å²) in [6.07, 6.45) is 1.90. The van der Waals surface area contributed by atoms with Crippen molar-refractivity contribution in [2.45, 2.75) is 25.8 Å². The van der Waals surface area contributed by atoms with E-state index in [-0.39, 0.29) is 17.8 Å². The Morgan fingerprint density at radius 1 is 1.45 bits per heavy atom. The fourth-order valence-electron chi connectivity index (χ4n) is 2.66. The summed E-state index contributed by atoms with van der Waals surface area (Å²) < 4.78 is 13.6. The van der Waals surface area contributed by atoms with Crippen molar-refractivity contribution in [3.63, 3.8) is 0 Å². The van der Waals surface area contributed by atoms with Crippen molar-refractivity contribution >= 4 is 21.8 Å². The van der Waals surface area contributed by atoms with E-state index in [1.165, 1.54) is 6.07 Å². The first-order chi connectivity index (χ1) is 9.52. The number of carbonyl (C=O) groups excluding carboxylic acids is 1. The smallest absolute Gasteiger partial charge is 0.254 e. The van der Waals surface area contributed by atoms with Crippen LogP contribution in [0.5, 0.6) is 0 Å². The Morgan fingerprint density at radius 2 is 2.20 bits per heavy atom. The quantitative estimate of drug-likeness (QED) is 0.824. The average Bonchev–Trinajstić information content (AvgIpc) is 2.62. The number of amides is 1. The van der Waals surface area contributed by atoms with E-state index in [1.807, 2.05) is 4.90 Å². The van der Waals surface area contributed by atoms with Crippen LogP contribution in [0.3, 0.4) is 0 Å². The molecule has 0 bridgehead atoms. The third-order valence-electron chi connectivity index (χ3n) is 3.80. The Labute approximate surface area is 127 Å². The van der Waals surface area contributed by atoms with Crippen molar-refractivity contribution in [1.82, 2.24) is 9.80 Å². The summed E-state index contributed by atoms with van der Waals surface area (Å²) in [4.78, 5) is 16.9. The molecule has 5 heteroatoms. The molecule has 0 N–H and O–H groups in total. The zero-order chi connectivity index (χ0) is 14.7. The molecule has 1 heterocycles. The summed E-state index contributed by atoms with van der Waals surface area (Å²) in [5.74, 6) is -0.350. The molecular weight excluding hydrogens is 323 g/mol. The molecule has 0 aromatic heterocycles. The summed E-state index contributed by atoms with van der Waals surface area (Å²) in [5.41, 5.74) is 0.543. The van der Waals surface area contributed by atoms with E-state index in [1.54, 1.807) is 12.1 Å². The van der Waals surface area contributed by atoms with E-state index < -0.39 is 0 Å². The van der Waals surface area contributed by atoms with Crippen molar-refractivity contribution in [2.75, 3.05) is 26.7 Å². The molecule has 2 rings (SSSR count).